The Morgan fingerprint density at radius 1 is 1.25 bits per heavy atom. The Kier molecular flexibility index (Phi) is 5.66. The van der Waals surface area contributed by atoms with E-state index < -0.39 is 0 Å². The van der Waals surface area contributed by atoms with E-state index in [1.165, 1.54) is 0 Å². The smallest absolute Gasteiger partial charge is 0.219 e. The van der Waals surface area contributed by atoms with Crippen LogP contribution in [0.5, 0.6) is 11.6 Å². The van der Waals surface area contributed by atoms with Crippen LogP contribution in [0.25, 0.3) is 0 Å². The number of pyridine rings is 1. The van der Waals surface area contributed by atoms with Crippen molar-refractivity contribution < 1.29 is 4.74 Å². The summed E-state index contributed by atoms with van der Waals surface area (Å²) < 4.78 is 6.59. The molecule has 20 heavy (non-hydrogen) atoms. The first kappa shape index (κ1) is 15.6. The van der Waals surface area contributed by atoms with Crippen LogP contribution in [0.15, 0.2) is 34.9 Å². The molecule has 0 aliphatic rings. The molecule has 1 aromatic carbocycles. The van der Waals surface area contributed by atoms with Gasteiger partial charge < -0.3 is 10.1 Å². The molecule has 0 amide bonds. The van der Waals surface area contributed by atoms with Crippen LogP contribution in [-0.2, 0) is 6.54 Å². The standard InChI is InChI=1S/C14H13BrCl2N2O/c1-2-18-7-9-5-14(19-8-12(9)17)20-13-6-10(15)3-4-11(13)16/h3-6,8,18H,2,7H2,1H3. The van der Waals surface area contributed by atoms with E-state index in [-0.39, 0.29) is 0 Å². The molecule has 0 atom stereocenters. The lowest BCUT2D eigenvalue weighted by Crippen LogP contribution is -2.12. The van der Waals surface area contributed by atoms with Crippen molar-refractivity contribution in [2.75, 3.05) is 6.54 Å². The van der Waals surface area contributed by atoms with Crippen molar-refractivity contribution in [1.29, 1.82) is 0 Å². The average Bonchev–Trinajstić information content (AvgIpc) is 2.43. The molecule has 106 valence electrons. The van der Waals surface area contributed by atoms with Gasteiger partial charge in [-0.3, -0.25) is 0 Å². The molecule has 6 heteroatoms. The van der Waals surface area contributed by atoms with Crippen LogP contribution >= 0.6 is 39.1 Å². The van der Waals surface area contributed by atoms with E-state index in [1.54, 1.807) is 18.3 Å². The minimum Gasteiger partial charge on any atom is -0.437 e. The number of ether oxygens (including phenoxy) is 1. The SMILES string of the molecule is CCNCc1cc(Oc2cc(Br)ccc2Cl)ncc1Cl. The summed E-state index contributed by atoms with van der Waals surface area (Å²) in [6, 6.07) is 7.21. The maximum Gasteiger partial charge on any atom is 0.219 e. The van der Waals surface area contributed by atoms with Crippen LogP contribution in [0.3, 0.4) is 0 Å². The number of rotatable bonds is 5. The number of hydrogen-bond donors (Lipinski definition) is 1. The van der Waals surface area contributed by atoms with Crippen LogP contribution < -0.4 is 10.1 Å². The number of halogens is 3. The third-order valence-electron chi connectivity index (χ3n) is 2.58. The number of aromatic nitrogens is 1. The number of hydrogen-bond acceptors (Lipinski definition) is 3. The molecule has 0 bridgehead atoms. The largest absolute Gasteiger partial charge is 0.437 e. The van der Waals surface area contributed by atoms with Gasteiger partial charge in [0.05, 0.1) is 10.0 Å². The van der Waals surface area contributed by atoms with Gasteiger partial charge in [0.15, 0.2) is 0 Å². The highest BCUT2D eigenvalue weighted by atomic mass is 79.9. The van der Waals surface area contributed by atoms with E-state index in [0.29, 0.717) is 28.2 Å². The molecule has 0 spiro atoms. The van der Waals surface area contributed by atoms with Crippen molar-refractivity contribution in [3.05, 3.63) is 50.5 Å². The summed E-state index contributed by atoms with van der Waals surface area (Å²) in [5, 5.41) is 4.35. The Hall–Kier alpha value is -0.810. The number of benzene rings is 1. The highest BCUT2D eigenvalue weighted by molar-refractivity contribution is 9.10. The summed E-state index contributed by atoms with van der Waals surface area (Å²) in [6.07, 6.45) is 1.58. The molecule has 3 nitrogen and oxygen atoms in total. The van der Waals surface area contributed by atoms with Crippen molar-refractivity contribution in [2.45, 2.75) is 13.5 Å². The van der Waals surface area contributed by atoms with Crippen LogP contribution in [0.1, 0.15) is 12.5 Å². The topological polar surface area (TPSA) is 34.1 Å². The van der Waals surface area contributed by atoms with Crippen molar-refractivity contribution in [3.63, 3.8) is 0 Å². The Morgan fingerprint density at radius 2 is 2.05 bits per heavy atom. The first-order valence-electron chi connectivity index (χ1n) is 6.08. The number of nitrogens with zero attached hydrogens (tertiary/aromatic N) is 1. The predicted octanol–water partition coefficient (Wildman–Crippen LogP) is 5.05. The molecule has 2 aromatic rings. The molecular formula is C14H13BrCl2N2O. The molecule has 2 rings (SSSR count). The summed E-state index contributed by atoms with van der Waals surface area (Å²) >= 11 is 15.6. The second-order valence-electron chi connectivity index (χ2n) is 4.07. The highest BCUT2D eigenvalue weighted by Crippen LogP contribution is 2.32. The van der Waals surface area contributed by atoms with Crippen LogP contribution in [0.4, 0.5) is 0 Å². The molecule has 0 aliphatic carbocycles. The zero-order chi connectivity index (χ0) is 14.5. The van der Waals surface area contributed by atoms with Gasteiger partial charge in [-0.1, -0.05) is 46.1 Å². The second kappa shape index (κ2) is 7.27. The summed E-state index contributed by atoms with van der Waals surface area (Å²) in [5.41, 5.74) is 0.935. The molecule has 1 aromatic heterocycles. The third kappa shape index (κ3) is 4.09. The normalized spacial score (nSPS) is 10.6. The van der Waals surface area contributed by atoms with Crippen molar-refractivity contribution in [1.82, 2.24) is 10.3 Å². The second-order valence-corrected chi connectivity index (χ2v) is 5.80. The monoisotopic (exact) mass is 374 g/mol. The zero-order valence-electron chi connectivity index (χ0n) is 10.8. The van der Waals surface area contributed by atoms with E-state index in [2.05, 4.69) is 26.2 Å². The molecule has 0 unspecified atom stereocenters. The van der Waals surface area contributed by atoms with Crippen molar-refractivity contribution in [2.24, 2.45) is 0 Å². The third-order valence-corrected chi connectivity index (χ3v) is 3.73. The summed E-state index contributed by atoms with van der Waals surface area (Å²) in [6.45, 7) is 3.57. The fourth-order valence-corrected chi connectivity index (χ4v) is 2.24. The fraction of sp³-hybridized carbons (Fsp3) is 0.214. The van der Waals surface area contributed by atoms with E-state index in [0.717, 1.165) is 16.6 Å². The molecule has 0 fully saturated rings. The Balaban J connectivity index is 2.22. The fourth-order valence-electron chi connectivity index (χ4n) is 1.58. The van der Waals surface area contributed by atoms with Gasteiger partial charge >= 0.3 is 0 Å². The van der Waals surface area contributed by atoms with Gasteiger partial charge in [0.2, 0.25) is 5.88 Å². The molecule has 0 saturated carbocycles. The molecule has 0 aliphatic heterocycles. The highest BCUT2D eigenvalue weighted by Gasteiger charge is 2.08. The lowest BCUT2D eigenvalue weighted by atomic mass is 10.2. The quantitative estimate of drug-likeness (QED) is 0.793. The molecule has 1 heterocycles. The molecule has 0 saturated heterocycles. The van der Waals surface area contributed by atoms with Crippen molar-refractivity contribution in [3.8, 4) is 11.6 Å². The van der Waals surface area contributed by atoms with Gasteiger partial charge in [0.25, 0.3) is 0 Å². The Morgan fingerprint density at radius 3 is 2.80 bits per heavy atom. The van der Waals surface area contributed by atoms with E-state index >= 15 is 0 Å². The first-order valence-corrected chi connectivity index (χ1v) is 7.63. The van der Waals surface area contributed by atoms with Gasteiger partial charge in [-0.2, -0.15) is 0 Å². The first-order chi connectivity index (χ1) is 9.60. The Bertz CT molecular complexity index is 608. The summed E-state index contributed by atoms with van der Waals surface area (Å²) in [5.74, 6) is 1.01. The minimum atomic E-state index is 0.460. The van der Waals surface area contributed by atoms with Gasteiger partial charge in [0, 0.05) is 23.3 Å². The Labute approximate surface area is 136 Å². The molecule has 0 radical (unpaired) electrons. The maximum atomic E-state index is 6.10. The van der Waals surface area contributed by atoms with Crippen LogP contribution in [-0.4, -0.2) is 11.5 Å². The molecule has 1 N–H and O–H groups in total. The van der Waals surface area contributed by atoms with Gasteiger partial charge in [0.1, 0.15) is 5.75 Å². The lowest BCUT2D eigenvalue weighted by Gasteiger charge is -2.10. The van der Waals surface area contributed by atoms with Crippen molar-refractivity contribution >= 4 is 39.1 Å². The van der Waals surface area contributed by atoms with E-state index in [4.69, 9.17) is 27.9 Å². The molecular weight excluding hydrogens is 363 g/mol. The average molecular weight is 376 g/mol. The van der Waals surface area contributed by atoms with Gasteiger partial charge in [-0.05, 0) is 30.3 Å². The van der Waals surface area contributed by atoms with E-state index in [9.17, 15) is 0 Å². The maximum absolute atomic E-state index is 6.10. The van der Waals surface area contributed by atoms with Crippen LogP contribution in [0, 0.1) is 0 Å². The summed E-state index contributed by atoms with van der Waals surface area (Å²) in [7, 11) is 0. The zero-order valence-corrected chi connectivity index (χ0v) is 13.9. The lowest BCUT2D eigenvalue weighted by molar-refractivity contribution is 0.461. The summed E-state index contributed by atoms with van der Waals surface area (Å²) in [4.78, 5) is 4.16. The number of nitrogens with one attached hydrogen (secondary N) is 1. The van der Waals surface area contributed by atoms with Gasteiger partial charge in [-0.15, -0.1) is 0 Å². The predicted molar refractivity (Wildman–Crippen MR) is 85.9 cm³/mol. The minimum absolute atomic E-state index is 0.460. The van der Waals surface area contributed by atoms with Gasteiger partial charge in [-0.25, -0.2) is 4.98 Å². The van der Waals surface area contributed by atoms with Crippen LogP contribution in [0.2, 0.25) is 10.0 Å². The van der Waals surface area contributed by atoms with E-state index in [1.807, 2.05) is 19.1 Å².